The lowest BCUT2D eigenvalue weighted by Gasteiger charge is -2.18. The predicted molar refractivity (Wildman–Crippen MR) is 108 cm³/mol. The molecule has 0 aliphatic rings. The highest BCUT2D eigenvalue weighted by Gasteiger charge is 2.22. The van der Waals surface area contributed by atoms with Crippen LogP contribution in [0.1, 0.15) is 13.8 Å². The number of rotatable bonds is 8. The van der Waals surface area contributed by atoms with Crippen molar-refractivity contribution >= 4 is 10.0 Å². The van der Waals surface area contributed by atoms with Gasteiger partial charge >= 0.3 is 0 Å². The highest BCUT2D eigenvalue weighted by molar-refractivity contribution is 7.89. The number of methoxy groups -OCH3 is 2. The molecule has 9 heteroatoms. The van der Waals surface area contributed by atoms with Crippen LogP contribution in [0.5, 0.6) is 11.5 Å². The molecule has 0 aliphatic heterocycles. The minimum atomic E-state index is -3.58. The Morgan fingerprint density at radius 1 is 0.897 bits per heavy atom. The summed E-state index contributed by atoms with van der Waals surface area (Å²) in [6.07, 6.45) is 0. The summed E-state index contributed by atoms with van der Waals surface area (Å²) >= 11 is 0. The van der Waals surface area contributed by atoms with Crippen LogP contribution in [0.25, 0.3) is 22.9 Å². The van der Waals surface area contributed by atoms with Gasteiger partial charge in [0.05, 0.1) is 19.1 Å². The Morgan fingerprint density at radius 2 is 1.52 bits per heavy atom. The second kappa shape index (κ2) is 8.62. The fraction of sp³-hybridized carbons (Fsp3) is 0.300. The van der Waals surface area contributed by atoms with Crippen molar-refractivity contribution < 1.29 is 22.3 Å². The molecular formula is C20H23N3O5S. The van der Waals surface area contributed by atoms with Crippen LogP contribution >= 0.6 is 0 Å². The highest BCUT2D eigenvalue weighted by Crippen LogP contribution is 2.33. The largest absolute Gasteiger partial charge is 0.493 e. The summed E-state index contributed by atoms with van der Waals surface area (Å²) in [5.74, 6) is 1.65. The van der Waals surface area contributed by atoms with Gasteiger partial charge in [0.2, 0.25) is 21.8 Å². The van der Waals surface area contributed by atoms with E-state index in [1.54, 1.807) is 70.5 Å². The smallest absolute Gasteiger partial charge is 0.248 e. The molecule has 0 atom stereocenters. The van der Waals surface area contributed by atoms with Crippen molar-refractivity contribution in [1.82, 2.24) is 14.5 Å². The first-order valence-electron chi connectivity index (χ1n) is 9.11. The van der Waals surface area contributed by atoms with Crippen LogP contribution in [0.2, 0.25) is 0 Å². The summed E-state index contributed by atoms with van der Waals surface area (Å²) in [6, 6.07) is 11.7. The zero-order valence-electron chi connectivity index (χ0n) is 16.7. The molecule has 0 radical (unpaired) electrons. The summed E-state index contributed by atoms with van der Waals surface area (Å²) < 4.78 is 43.3. The topological polar surface area (TPSA) is 94.8 Å². The zero-order valence-corrected chi connectivity index (χ0v) is 17.6. The quantitative estimate of drug-likeness (QED) is 0.554. The lowest BCUT2D eigenvalue weighted by molar-refractivity contribution is 0.355. The van der Waals surface area contributed by atoms with E-state index in [1.807, 2.05) is 0 Å². The van der Waals surface area contributed by atoms with E-state index in [0.717, 1.165) is 0 Å². The molecule has 0 spiro atoms. The van der Waals surface area contributed by atoms with Gasteiger partial charge in [0.25, 0.3) is 0 Å². The third-order valence-electron chi connectivity index (χ3n) is 4.48. The lowest BCUT2D eigenvalue weighted by atomic mass is 10.2. The van der Waals surface area contributed by atoms with Gasteiger partial charge in [-0.05, 0) is 36.4 Å². The van der Waals surface area contributed by atoms with E-state index < -0.39 is 10.0 Å². The number of hydrogen-bond donors (Lipinski definition) is 0. The predicted octanol–water partition coefficient (Wildman–Crippen LogP) is 3.45. The van der Waals surface area contributed by atoms with Crippen molar-refractivity contribution in [1.29, 1.82) is 0 Å². The van der Waals surface area contributed by atoms with E-state index in [4.69, 9.17) is 13.9 Å². The number of aromatic nitrogens is 2. The van der Waals surface area contributed by atoms with Crippen molar-refractivity contribution in [2.45, 2.75) is 18.7 Å². The Morgan fingerprint density at radius 3 is 2.10 bits per heavy atom. The number of sulfonamides is 1. The van der Waals surface area contributed by atoms with Gasteiger partial charge in [-0.1, -0.05) is 19.9 Å². The number of ether oxygens (including phenoxy) is 2. The molecule has 29 heavy (non-hydrogen) atoms. The molecule has 154 valence electrons. The Labute approximate surface area is 170 Å². The number of benzene rings is 2. The second-order valence-corrected chi connectivity index (χ2v) is 8.04. The first-order valence-corrected chi connectivity index (χ1v) is 10.5. The minimum absolute atomic E-state index is 0.185. The first kappa shape index (κ1) is 20.8. The molecular weight excluding hydrogens is 394 g/mol. The molecule has 3 aromatic rings. The SMILES string of the molecule is CCN(CC)S(=O)(=O)c1cccc(-c2nnc(-c3ccc(OC)c(OC)c3)o2)c1. The molecule has 0 aliphatic carbocycles. The summed E-state index contributed by atoms with van der Waals surface area (Å²) in [5.41, 5.74) is 1.19. The zero-order chi connectivity index (χ0) is 21.0. The fourth-order valence-corrected chi connectivity index (χ4v) is 4.43. The van der Waals surface area contributed by atoms with Crippen molar-refractivity contribution in [3.8, 4) is 34.4 Å². The van der Waals surface area contributed by atoms with Gasteiger partial charge in [0.1, 0.15) is 0 Å². The number of nitrogens with zero attached hydrogens (tertiary/aromatic N) is 3. The molecule has 0 N–H and O–H groups in total. The molecule has 0 fully saturated rings. The van der Waals surface area contributed by atoms with Gasteiger partial charge < -0.3 is 13.9 Å². The van der Waals surface area contributed by atoms with Gasteiger partial charge in [0.15, 0.2) is 11.5 Å². The second-order valence-electron chi connectivity index (χ2n) is 6.10. The Bertz CT molecular complexity index is 1090. The van der Waals surface area contributed by atoms with Gasteiger partial charge in [-0.2, -0.15) is 4.31 Å². The molecule has 2 aromatic carbocycles. The lowest BCUT2D eigenvalue weighted by Crippen LogP contribution is -2.30. The molecule has 0 bridgehead atoms. The molecule has 3 rings (SSSR count). The summed E-state index contributed by atoms with van der Waals surface area (Å²) in [6.45, 7) is 4.40. The van der Waals surface area contributed by atoms with E-state index >= 15 is 0 Å². The van der Waals surface area contributed by atoms with Crippen LogP contribution in [0.3, 0.4) is 0 Å². The third kappa shape index (κ3) is 4.10. The number of hydrogen-bond acceptors (Lipinski definition) is 7. The molecule has 0 amide bonds. The highest BCUT2D eigenvalue weighted by atomic mass is 32.2. The van der Waals surface area contributed by atoms with Gasteiger partial charge in [0, 0.05) is 24.2 Å². The minimum Gasteiger partial charge on any atom is -0.493 e. The van der Waals surface area contributed by atoms with Gasteiger partial charge in [-0.3, -0.25) is 0 Å². The summed E-state index contributed by atoms with van der Waals surface area (Å²) in [4.78, 5) is 0.185. The van der Waals surface area contributed by atoms with Crippen molar-refractivity contribution in [3.05, 3.63) is 42.5 Å². The standard InChI is InChI=1S/C20H23N3O5S/c1-5-23(6-2)29(24,25)16-9-7-8-14(12-16)19-21-22-20(28-19)15-10-11-17(26-3)18(13-15)27-4/h7-13H,5-6H2,1-4H3. The maximum absolute atomic E-state index is 12.8. The van der Waals surface area contributed by atoms with Gasteiger partial charge in [-0.25, -0.2) is 8.42 Å². The van der Waals surface area contributed by atoms with Crippen LogP contribution in [-0.2, 0) is 10.0 Å². The fourth-order valence-electron chi connectivity index (χ4n) is 2.93. The molecule has 1 aromatic heterocycles. The molecule has 0 saturated carbocycles. The molecule has 1 heterocycles. The van der Waals surface area contributed by atoms with Crippen LogP contribution in [0.15, 0.2) is 51.8 Å². The normalized spacial score (nSPS) is 11.6. The van der Waals surface area contributed by atoms with E-state index in [0.29, 0.717) is 35.7 Å². The average molecular weight is 417 g/mol. The maximum Gasteiger partial charge on any atom is 0.248 e. The Balaban J connectivity index is 1.96. The first-order chi connectivity index (χ1) is 13.9. The van der Waals surface area contributed by atoms with Crippen LogP contribution in [0.4, 0.5) is 0 Å². The van der Waals surface area contributed by atoms with Crippen LogP contribution in [-0.4, -0.2) is 50.2 Å². The summed E-state index contributed by atoms with van der Waals surface area (Å²) in [5, 5.41) is 8.15. The molecule has 0 unspecified atom stereocenters. The third-order valence-corrected chi connectivity index (χ3v) is 6.53. The molecule has 0 saturated heterocycles. The van der Waals surface area contributed by atoms with E-state index in [1.165, 1.54) is 4.31 Å². The van der Waals surface area contributed by atoms with Crippen molar-refractivity contribution in [2.75, 3.05) is 27.3 Å². The van der Waals surface area contributed by atoms with Crippen molar-refractivity contribution in [2.24, 2.45) is 0 Å². The maximum atomic E-state index is 12.8. The Hall–Kier alpha value is -2.91. The Kier molecular flexibility index (Phi) is 6.19. The monoisotopic (exact) mass is 417 g/mol. The average Bonchev–Trinajstić information content (AvgIpc) is 3.24. The van der Waals surface area contributed by atoms with Crippen molar-refractivity contribution in [3.63, 3.8) is 0 Å². The molecule has 8 nitrogen and oxygen atoms in total. The van der Waals surface area contributed by atoms with E-state index in [9.17, 15) is 8.42 Å². The summed E-state index contributed by atoms with van der Waals surface area (Å²) in [7, 11) is -0.479. The van der Waals surface area contributed by atoms with E-state index in [2.05, 4.69) is 10.2 Å². The van der Waals surface area contributed by atoms with Crippen LogP contribution < -0.4 is 9.47 Å². The van der Waals surface area contributed by atoms with Gasteiger partial charge in [-0.15, -0.1) is 10.2 Å². The van der Waals surface area contributed by atoms with Crippen LogP contribution in [0, 0.1) is 0 Å². The van der Waals surface area contributed by atoms with E-state index in [-0.39, 0.29) is 16.7 Å².